The molecule has 1 atom stereocenters. The lowest BCUT2D eigenvalue weighted by Crippen LogP contribution is -2.34. The molecule has 98 valence electrons. The quantitative estimate of drug-likeness (QED) is 0.835. The molecule has 1 aromatic rings. The van der Waals surface area contributed by atoms with E-state index in [1.807, 2.05) is 0 Å². The van der Waals surface area contributed by atoms with Crippen molar-refractivity contribution in [1.82, 2.24) is 5.32 Å². The highest BCUT2D eigenvalue weighted by atomic mass is 19.2. The second kappa shape index (κ2) is 6.05. The number of ketones is 1. The van der Waals surface area contributed by atoms with Crippen LogP contribution >= 0.6 is 0 Å². The molecule has 2 nitrogen and oxygen atoms in total. The van der Waals surface area contributed by atoms with E-state index in [0.717, 1.165) is 31.5 Å². The summed E-state index contributed by atoms with van der Waals surface area (Å²) in [6.45, 7) is 1.00. The Morgan fingerprint density at radius 1 is 1.28 bits per heavy atom. The molecule has 0 aliphatic carbocycles. The lowest BCUT2D eigenvalue weighted by atomic mass is 9.97. The molecular formula is C14H17F2NO. The van der Waals surface area contributed by atoms with Crippen molar-refractivity contribution in [3.05, 3.63) is 35.4 Å². The van der Waals surface area contributed by atoms with Gasteiger partial charge in [0.1, 0.15) is 0 Å². The lowest BCUT2D eigenvalue weighted by molar-refractivity contribution is 0.0973. The summed E-state index contributed by atoms with van der Waals surface area (Å²) in [5, 5.41) is 3.36. The predicted molar refractivity (Wildman–Crippen MR) is 65.6 cm³/mol. The van der Waals surface area contributed by atoms with Crippen LogP contribution in [0.15, 0.2) is 18.2 Å². The minimum atomic E-state index is -0.961. The van der Waals surface area contributed by atoms with Gasteiger partial charge in [0.25, 0.3) is 0 Å². The number of carbonyl (C=O) groups excluding carboxylic acids is 1. The number of halogens is 2. The van der Waals surface area contributed by atoms with Gasteiger partial charge in [0.05, 0.1) is 0 Å². The topological polar surface area (TPSA) is 29.1 Å². The first-order valence-corrected chi connectivity index (χ1v) is 6.38. The molecular weight excluding hydrogens is 236 g/mol. The summed E-state index contributed by atoms with van der Waals surface area (Å²) in [6, 6.07) is 3.70. The summed E-state index contributed by atoms with van der Waals surface area (Å²) >= 11 is 0. The van der Waals surface area contributed by atoms with E-state index in [1.165, 1.54) is 18.9 Å². The van der Waals surface area contributed by atoms with Crippen molar-refractivity contribution >= 4 is 5.78 Å². The Balaban J connectivity index is 1.88. The first-order valence-electron chi connectivity index (χ1n) is 6.38. The molecule has 1 aromatic carbocycles. The Morgan fingerprint density at radius 2 is 2.11 bits per heavy atom. The number of hydrogen-bond donors (Lipinski definition) is 1. The smallest absolute Gasteiger partial charge is 0.163 e. The Kier molecular flexibility index (Phi) is 4.42. The Bertz CT molecular complexity index is 428. The van der Waals surface area contributed by atoms with Crippen molar-refractivity contribution in [3.63, 3.8) is 0 Å². The van der Waals surface area contributed by atoms with E-state index in [1.54, 1.807) is 0 Å². The Labute approximate surface area is 105 Å². The van der Waals surface area contributed by atoms with Gasteiger partial charge in [-0.05, 0) is 44.0 Å². The van der Waals surface area contributed by atoms with Crippen LogP contribution < -0.4 is 5.32 Å². The van der Waals surface area contributed by atoms with Gasteiger partial charge < -0.3 is 5.32 Å². The van der Waals surface area contributed by atoms with Crippen molar-refractivity contribution in [3.8, 4) is 0 Å². The van der Waals surface area contributed by atoms with Crippen LogP contribution in [0.25, 0.3) is 0 Å². The normalized spacial score (nSPS) is 19.8. The van der Waals surface area contributed by atoms with Gasteiger partial charge >= 0.3 is 0 Å². The van der Waals surface area contributed by atoms with Crippen LogP contribution in [-0.4, -0.2) is 18.4 Å². The second-order valence-electron chi connectivity index (χ2n) is 4.74. The second-order valence-corrected chi connectivity index (χ2v) is 4.74. The molecule has 0 aromatic heterocycles. The standard InChI is InChI=1S/C14H17F2NO/c15-12-6-4-10(9-13(12)16)14(18)7-5-11-3-1-2-8-17-11/h4,6,9,11,17H,1-3,5,7-8H2. The molecule has 4 heteroatoms. The average Bonchev–Trinajstić information content (AvgIpc) is 2.40. The van der Waals surface area contributed by atoms with E-state index in [0.29, 0.717) is 12.5 Å². The lowest BCUT2D eigenvalue weighted by Gasteiger charge is -2.22. The zero-order chi connectivity index (χ0) is 13.0. The minimum Gasteiger partial charge on any atom is -0.314 e. The summed E-state index contributed by atoms with van der Waals surface area (Å²) in [5.74, 6) is -2.00. The molecule has 18 heavy (non-hydrogen) atoms. The van der Waals surface area contributed by atoms with E-state index in [9.17, 15) is 13.6 Å². The number of nitrogens with one attached hydrogen (secondary N) is 1. The fourth-order valence-corrected chi connectivity index (χ4v) is 2.29. The van der Waals surface area contributed by atoms with Crippen LogP contribution in [0, 0.1) is 11.6 Å². The number of rotatable bonds is 4. The summed E-state index contributed by atoms with van der Waals surface area (Å²) in [6.07, 6.45) is 4.61. The van der Waals surface area contributed by atoms with E-state index < -0.39 is 11.6 Å². The molecule has 1 aliphatic heterocycles. The molecule has 0 radical (unpaired) electrons. The highest BCUT2D eigenvalue weighted by Gasteiger charge is 2.15. The van der Waals surface area contributed by atoms with Crippen molar-refractivity contribution in [1.29, 1.82) is 0 Å². The number of carbonyl (C=O) groups is 1. The van der Waals surface area contributed by atoms with Gasteiger partial charge in [-0.15, -0.1) is 0 Å². The van der Waals surface area contributed by atoms with Crippen LogP contribution in [0.1, 0.15) is 42.5 Å². The van der Waals surface area contributed by atoms with Crippen LogP contribution in [-0.2, 0) is 0 Å². The van der Waals surface area contributed by atoms with Crippen molar-refractivity contribution in [2.24, 2.45) is 0 Å². The van der Waals surface area contributed by atoms with Gasteiger partial charge in [0.2, 0.25) is 0 Å². The number of piperidine rings is 1. The zero-order valence-corrected chi connectivity index (χ0v) is 10.2. The van der Waals surface area contributed by atoms with Crippen molar-refractivity contribution in [2.75, 3.05) is 6.54 Å². The third-order valence-corrected chi connectivity index (χ3v) is 3.37. The molecule has 1 fully saturated rings. The van der Waals surface area contributed by atoms with Gasteiger partial charge in [-0.1, -0.05) is 6.42 Å². The fourth-order valence-electron chi connectivity index (χ4n) is 2.29. The van der Waals surface area contributed by atoms with Crippen LogP contribution in [0.2, 0.25) is 0 Å². The average molecular weight is 253 g/mol. The first kappa shape index (κ1) is 13.1. The maximum Gasteiger partial charge on any atom is 0.163 e. The first-order chi connectivity index (χ1) is 8.66. The Morgan fingerprint density at radius 3 is 2.78 bits per heavy atom. The summed E-state index contributed by atoms with van der Waals surface area (Å²) in [7, 11) is 0. The summed E-state index contributed by atoms with van der Waals surface area (Å²) in [4.78, 5) is 11.8. The van der Waals surface area contributed by atoms with Gasteiger partial charge in [0, 0.05) is 18.0 Å². The van der Waals surface area contributed by atoms with Crippen LogP contribution in [0.5, 0.6) is 0 Å². The third kappa shape index (κ3) is 3.35. The molecule has 1 unspecified atom stereocenters. The van der Waals surface area contributed by atoms with Gasteiger partial charge in [-0.3, -0.25) is 4.79 Å². The molecule has 1 heterocycles. The van der Waals surface area contributed by atoms with Crippen LogP contribution in [0.4, 0.5) is 8.78 Å². The van der Waals surface area contributed by atoms with Gasteiger partial charge in [-0.2, -0.15) is 0 Å². The highest BCUT2D eigenvalue weighted by Crippen LogP contribution is 2.15. The minimum absolute atomic E-state index is 0.124. The number of Topliss-reactive ketones (excluding diaryl/α,β-unsaturated/α-hetero) is 1. The number of benzene rings is 1. The molecule has 0 bridgehead atoms. The molecule has 0 amide bonds. The van der Waals surface area contributed by atoms with E-state index in [4.69, 9.17) is 0 Å². The van der Waals surface area contributed by atoms with E-state index in [-0.39, 0.29) is 11.3 Å². The van der Waals surface area contributed by atoms with Gasteiger partial charge in [0.15, 0.2) is 17.4 Å². The largest absolute Gasteiger partial charge is 0.314 e. The predicted octanol–water partition coefficient (Wildman–Crippen LogP) is 3.07. The molecule has 1 saturated heterocycles. The molecule has 0 spiro atoms. The monoisotopic (exact) mass is 253 g/mol. The molecule has 1 N–H and O–H groups in total. The summed E-state index contributed by atoms with van der Waals surface area (Å²) < 4.78 is 25.7. The maximum absolute atomic E-state index is 13.0. The van der Waals surface area contributed by atoms with Crippen LogP contribution in [0.3, 0.4) is 0 Å². The molecule has 1 aliphatic rings. The molecule has 2 rings (SSSR count). The molecule has 0 saturated carbocycles. The number of hydrogen-bond acceptors (Lipinski definition) is 2. The maximum atomic E-state index is 13.0. The highest BCUT2D eigenvalue weighted by molar-refractivity contribution is 5.96. The Hall–Kier alpha value is -1.29. The SMILES string of the molecule is O=C(CCC1CCCCN1)c1ccc(F)c(F)c1. The van der Waals surface area contributed by atoms with Crippen molar-refractivity contribution in [2.45, 2.75) is 38.1 Å². The summed E-state index contributed by atoms with van der Waals surface area (Å²) in [5.41, 5.74) is 0.254. The van der Waals surface area contributed by atoms with E-state index in [2.05, 4.69) is 5.32 Å². The van der Waals surface area contributed by atoms with Gasteiger partial charge in [-0.25, -0.2) is 8.78 Å². The van der Waals surface area contributed by atoms with E-state index >= 15 is 0 Å². The zero-order valence-electron chi connectivity index (χ0n) is 10.2. The van der Waals surface area contributed by atoms with Crippen molar-refractivity contribution < 1.29 is 13.6 Å². The third-order valence-electron chi connectivity index (χ3n) is 3.37. The fraction of sp³-hybridized carbons (Fsp3) is 0.500.